The summed E-state index contributed by atoms with van der Waals surface area (Å²) in [5, 5.41) is 0. The van der Waals surface area contributed by atoms with Crippen LogP contribution in [0.1, 0.15) is 39.0 Å². The first-order valence-corrected chi connectivity index (χ1v) is 5.75. The van der Waals surface area contributed by atoms with Crippen molar-refractivity contribution in [3.05, 3.63) is 0 Å². The molecule has 2 aliphatic rings. The van der Waals surface area contributed by atoms with Crippen LogP contribution in [0.3, 0.4) is 0 Å². The smallest absolute Gasteiger partial charge is 0.0168 e. The lowest BCUT2D eigenvalue weighted by molar-refractivity contribution is 0.149. The predicted octanol–water partition coefficient (Wildman–Crippen LogP) is 1.60. The van der Waals surface area contributed by atoms with Crippen molar-refractivity contribution in [2.45, 2.75) is 51.1 Å². The first kappa shape index (κ1) is 9.47. The predicted molar refractivity (Wildman–Crippen MR) is 55.6 cm³/mol. The van der Waals surface area contributed by atoms with Crippen LogP contribution in [0.2, 0.25) is 0 Å². The van der Waals surface area contributed by atoms with E-state index >= 15 is 0 Å². The van der Waals surface area contributed by atoms with E-state index in [1.807, 2.05) is 0 Å². The highest BCUT2D eigenvalue weighted by molar-refractivity contribution is 4.85. The van der Waals surface area contributed by atoms with E-state index in [0.717, 1.165) is 18.5 Å². The SMILES string of the molecule is CC1CCC(N2CCC[C@@H](N)C2)C1. The number of hydrogen-bond donors (Lipinski definition) is 1. The molecule has 1 heterocycles. The van der Waals surface area contributed by atoms with Gasteiger partial charge in [0.25, 0.3) is 0 Å². The summed E-state index contributed by atoms with van der Waals surface area (Å²) in [5.41, 5.74) is 5.99. The van der Waals surface area contributed by atoms with E-state index in [9.17, 15) is 0 Å². The summed E-state index contributed by atoms with van der Waals surface area (Å²) in [7, 11) is 0. The highest BCUT2D eigenvalue weighted by Gasteiger charge is 2.29. The molecule has 1 aliphatic heterocycles. The maximum atomic E-state index is 5.99. The Bertz CT molecular complexity index is 169. The number of rotatable bonds is 1. The molecule has 2 fully saturated rings. The Morgan fingerprint density at radius 2 is 2.08 bits per heavy atom. The first-order chi connectivity index (χ1) is 6.25. The zero-order valence-electron chi connectivity index (χ0n) is 8.71. The Morgan fingerprint density at radius 1 is 1.23 bits per heavy atom. The van der Waals surface area contributed by atoms with Gasteiger partial charge in [0, 0.05) is 18.6 Å². The Labute approximate surface area is 81.5 Å². The minimum atomic E-state index is 0.449. The van der Waals surface area contributed by atoms with E-state index in [1.54, 1.807) is 0 Å². The van der Waals surface area contributed by atoms with Crippen molar-refractivity contribution in [3.63, 3.8) is 0 Å². The van der Waals surface area contributed by atoms with Crippen LogP contribution < -0.4 is 5.73 Å². The number of piperidine rings is 1. The molecule has 2 unspecified atom stereocenters. The molecule has 0 aromatic carbocycles. The molecule has 3 atom stereocenters. The standard InChI is InChI=1S/C11H22N2/c1-9-4-5-11(7-9)13-6-2-3-10(12)8-13/h9-11H,2-8,12H2,1H3/t9?,10-,11?/m1/s1. The van der Waals surface area contributed by atoms with Crippen LogP contribution in [-0.2, 0) is 0 Å². The van der Waals surface area contributed by atoms with Gasteiger partial charge >= 0.3 is 0 Å². The molecule has 2 heteroatoms. The van der Waals surface area contributed by atoms with Gasteiger partial charge in [0.05, 0.1) is 0 Å². The van der Waals surface area contributed by atoms with Crippen molar-refractivity contribution in [1.82, 2.24) is 4.90 Å². The topological polar surface area (TPSA) is 29.3 Å². The van der Waals surface area contributed by atoms with Crippen molar-refractivity contribution in [1.29, 1.82) is 0 Å². The lowest BCUT2D eigenvalue weighted by atomic mass is 10.0. The van der Waals surface area contributed by atoms with Crippen molar-refractivity contribution in [3.8, 4) is 0 Å². The summed E-state index contributed by atoms with van der Waals surface area (Å²) in [6, 6.07) is 1.31. The molecular formula is C11H22N2. The molecule has 0 aromatic rings. The summed E-state index contributed by atoms with van der Waals surface area (Å²) >= 11 is 0. The lowest BCUT2D eigenvalue weighted by Crippen LogP contribution is -2.46. The van der Waals surface area contributed by atoms with E-state index in [1.165, 1.54) is 38.6 Å². The molecule has 0 spiro atoms. The molecule has 13 heavy (non-hydrogen) atoms. The lowest BCUT2D eigenvalue weighted by Gasteiger charge is -2.35. The van der Waals surface area contributed by atoms with E-state index in [0.29, 0.717) is 6.04 Å². The summed E-state index contributed by atoms with van der Waals surface area (Å²) < 4.78 is 0. The van der Waals surface area contributed by atoms with Crippen LogP contribution in [-0.4, -0.2) is 30.1 Å². The van der Waals surface area contributed by atoms with Gasteiger partial charge in [-0.3, -0.25) is 4.90 Å². The maximum Gasteiger partial charge on any atom is 0.0168 e. The second-order valence-electron chi connectivity index (χ2n) is 4.97. The molecule has 2 rings (SSSR count). The monoisotopic (exact) mass is 182 g/mol. The molecule has 2 nitrogen and oxygen atoms in total. The molecule has 0 aromatic heterocycles. The Balaban J connectivity index is 1.85. The summed E-state index contributed by atoms with van der Waals surface area (Å²) in [6.07, 6.45) is 6.79. The van der Waals surface area contributed by atoms with Gasteiger partial charge in [-0.25, -0.2) is 0 Å². The molecule has 0 radical (unpaired) electrons. The third-order valence-electron chi connectivity index (χ3n) is 3.67. The normalized spacial score (nSPS) is 42.5. The third kappa shape index (κ3) is 2.23. The molecule has 0 amide bonds. The van der Waals surface area contributed by atoms with E-state index < -0.39 is 0 Å². The number of nitrogens with zero attached hydrogens (tertiary/aromatic N) is 1. The Morgan fingerprint density at radius 3 is 2.69 bits per heavy atom. The van der Waals surface area contributed by atoms with Crippen LogP contribution in [0.5, 0.6) is 0 Å². The molecule has 2 N–H and O–H groups in total. The first-order valence-electron chi connectivity index (χ1n) is 5.75. The van der Waals surface area contributed by atoms with Crippen molar-refractivity contribution in [2.24, 2.45) is 11.7 Å². The van der Waals surface area contributed by atoms with E-state index in [-0.39, 0.29) is 0 Å². The average molecular weight is 182 g/mol. The van der Waals surface area contributed by atoms with Gasteiger partial charge in [0.1, 0.15) is 0 Å². The van der Waals surface area contributed by atoms with Gasteiger partial charge in [-0.05, 0) is 44.6 Å². The van der Waals surface area contributed by atoms with Gasteiger partial charge in [0.15, 0.2) is 0 Å². The van der Waals surface area contributed by atoms with Gasteiger partial charge < -0.3 is 5.73 Å². The molecule has 1 saturated carbocycles. The van der Waals surface area contributed by atoms with Crippen molar-refractivity contribution in [2.75, 3.05) is 13.1 Å². The van der Waals surface area contributed by atoms with Gasteiger partial charge in [-0.2, -0.15) is 0 Å². The van der Waals surface area contributed by atoms with Crippen LogP contribution in [0.4, 0.5) is 0 Å². The zero-order valence-corrected chi connectivity index (χ0v) is 8.71. The number of likely N-dealkylation sites (tertiary alicyclic amines) is 1. The average Bonchev–Trinajstić information content (AvgIpc) is 2.52. The summed E-state index contributed by atoms with van der Waals surface area (Å²) in [4.78, 5) is 2.64. The molecule has 1 saturated heterocycles. The summed E-state index contributed by atoms with van der Waals surface area (Å²) in [6.45, 7) is 4.83. The molecule has 76 valence electrons. The Hall–Kier alpha value is -0.0800. The van der Waals surface area contributed by atoms with Gasteiger partial charge in [-0.15, -0.1) is 0 Å². The second kappa shape index (κ2) is 3.97. The van der Waals surface area contributed by atoms with Crippen molar-refractivity contribution >= 4 is 0 Å². The van der Waals surface area contributed by atoms with Crippen molar-refractivity contribution < 1.29 is 0 Å². The Kier molecular flexibility index (Phi) is 2.89. The fourth-order valence-corrected chi connectivity index (χ4v) is 2.88. The van der Waals surface area contributed by atoms with E-state index in [2.05, 4.69) is 11.8 Å². The van der Waals surface area contributed by atoms with Gasteiger partial charge in [0.2, 0.25) is 0 Å². The minimum absolute atomic E-state index is 0.449. The number of hydrogen-bond acceptors (Lipinski definition) is 2. The fourth-order valence-electron chi connectivity index (χ4n) is 2.88. The molecule has 0 bridgehead atoms. The number of nitrogens with two attached hydrogens (primary N) is 1. The minimum Gasteiger partial charge on any atom is -0.327 e. The van der Waals surface area contributed by atoms with Crippen LogP contribution >= 0.6 is 0 Å². The quantitative estimate of drug-likeness (QED) is 0.667. The summed E-state index contributed by atoms with van der Waals surface area (Å²) in [5.74, 6) is 0.947. The fraction of sp³-hybridized carbons (Fsp3) is 1.00. The van der Waals surface area contributed by atoms with E-state index in [4.69, 9.17) is 5.73 Å². The van der Waals surface area contributed by atoms with Crippen LogP contribution in [0.25, 0.3) is 0 Å². The highest BCUT2D eigenvalue weighted by Crippen LogP contribution is 2.30. The van der Waals surface area contributed by atoms with Crippen LogP contribution in [0.15, 0.2) is 0 Å². The maximum absolute atomic E-state index is 5.99. The third-order valence-corrected chi connectivity index (χ3v) is 3.67. The highest BCUT2D eigenvalue weighted by atomic mass is 15.2. The van der Waals surface area contributed by atoms with Crippen LogP contribution in [0, 0.1) is 5.92 Å². The zero-order chi connectivity index (χ0) is 9.26. The van der Waals surface area contributed by atoms with Gasteiger partial charge in [-0.1, -0.05) is 6.92 Å². The molecular weight excluding hydrogens is 160 g/mol. The second-order valence-corrected chi connectivity index (χ2v) is 4.97. The molecule has 1 aliphatic carbocycles. The largest absolute Gasteiger partial charge is 0.327 e.